The minimum Gasteiger partial charge on any atom is -0.494 e. The van der Waals surface area contributed by atoms with Gasteiger partial charge >= 0.3 is 0 Å². The van der Waals surface area contributed by atoms with Gasteiger partial charge in [-0.25, -0.2) is 4.39 Å². The van der Waals surface area contributed by atoms with Crippen molar-refractivity contribution in [2.75, 3.05) is 13.2 Å². The number of halogens is 1. The zero-order valence-electron chi connectivity index (χ0n) is 16.5. The number of nitrogens with one attached hydrogen (secondary N) is 2. The third-order valence-electron chi connectivity index (χ3n) is 4.29. The molecule has 0 spiro atoms. The Morgan fingerprint density at radius 1 is 1.04 bits per heavy atom. The number of hydrogen-bond donors (Lipinski definition) is 2. The second kappa shape index (κ2) is 10.4. The molecule has 0 bridgehead atoms. The summed E-state index contributed by atoms with van der Waals surface area (Å²) in [5.74, 6) is -0.216. The van der Waals surface area contributed by atoms with E-state index in [1.54, 1.807) is 36.4 Å². The van der Waals surface area contributed by atoms with Crippen LogP contribution in [0.5, 0.6) is 5.75 Å². The lowest BCUT2D eigenvalue weighted by Gasteiger charge is -2.22. The Kier molecular flexibility index (Phi) is 7.99. The third-order valence-corrected chi connectivity index (χ3v) is 4.29. The van der Waals surface area contributed by atoms with Gasteiger partial charge in [0, 0.05) is 12.1 Å². The van der Waals surface area contributed by atoms with Crippen LogP contribution < -0.4 is 15.4 Å². The highest BCUT2D eigenvalue weighted by Gasteiger charge is 2.24. The number of rotatable bonds is 9. The van der Waals surface area contributed by atoms with E-state index in [9.17, 15) is 14.0 Å². The number of benzene rings is 2. The molecule has 0 saturated carbocycles. The van der Waals surface area contributed by atoms with Crippen LogP contribution in [0.1, 0.15) is 36.7 Å². The topological polar surface area (TPSA) is 67.4 Å². The van der Waals surface area contributed by atoms with Crippen molar-refractivity contribution in [1.29, 1.82) is 0 Å². The molecule has 6 heteroatoms. The van der Waals surface area contributed by atoms with Gasteiger partial charge in [0.25, 0.3) is 5.91 Å². The molecule has 2 aromatic carbocycles. The van der Waals surface area contributed by atoms with Gasteiger partial charge in [0.05, 0.1) is 6.61 Å². The molecule has 2 rings (SSSR count). The first-order valence-electron chi connectivity index (χ1n) is 9.46. The highest BCUT2D eigenvalue weighted by Crippen LogP contribution is 2.13. The average molecular weight is 386 g/mol. The standard InChI is InChI=1S/C22H27FN2O3/c1-4-28-19-11-7-17(8-12-19)21(26)25-20(15(2)3)22(27)24-14-13-16-5-9-18(23)10-6-16/h5-12,15,20H,4,13-14H2,1-3H3,(H,24,27)(H,25,26)/t20-/m0/s1. The first-order valence-corrected chi connectivity index (χ1v) is 9.46. The lowest BCUT2D eigenvalue weighted by molar-refractivity contribution is -0.123. The van der Waals surface area contributed by atoms with Crippen molar-refractivity contribution in [3.63, 3.8) is 0 Å². The van der Waals surface area contributed by atoms with Crippen molar-refractivity contribution in [3.05, 3.63) is 65.5 Å². The highest BCUT2D eigenvalue weighted by atomic mass is 19.1. The molecule has 0 aliphatic carbocycles. The molecule has 2 aromatic rings. The van der Waals surface area contributed by atoms with E-state index in [2.05, 4.69) is 10.6 Å². The number of hydrogen-bond acceptors (Lipinski definition) is 3. The molecule has 150 valence electrons. The third kappa shape index (κ3) is 6.37. The number of carbonyl (C=O) groups is 2. The average Bonchev–Trinajstić information content (AvgIpc) is 2.68. The van der Waals surface area contributed by atoms with E-state index in [1.165, 1.54) is 12.1 Å². The van der Waals surface area contributed by atoms with E-state index in [4.69, 9.17) is 4.74 Å². The number of carbonyl (C=O) groups excluding carboxylic acids is 2. The molecule has 0 aliphatic heterocycles. The molecule has 0 heterocycles. The summed E-state index contributed by atoms with van der Waals surface area (Å²) in [6, 6.07) is 12.3. The molecule has 0 fully saturated rings. The zero-order chi connectivity index (χ0) is 20.5. The monoisotopic (exact) mass is 386 g/mol. The second-order valence-corrected chi connectivity index (χ2v) is 6.82. The van der Waals surface area contributed by atoms with Crippen LogP contribution in [0.4, 0.5) is 4.39 Å². The van der Waals surface area contributed by atoms with E-state index in [0.717, 1.165) is 5.56 Å². The van der Waals surface area contributed by atoms with Gasteiger partial charge in [-0.15, -0.1) is 0 Å². The van der Waals surface area contributed by atoms with Crippen LogP contribution in [0, 0.1) is 11.7 Å². The quantitative estimate of drug-likeness (QED) is 0.695. The molecular formula is C22H27FN2O3. The molecule has 5 nitrogen and oxygen atoms in total. The van der Waals surface area contributed by atoms with E-state index in [0.29, 0.717) is 30.9 Å². The van der Waals surface area contributed by atoms with E-state index in [1.807, 2.05) is 20.8 Å². The maximum absolute atomic E-state index is 12.9. The zero-order valence-corrected chi connectivity index (χ0v) is 16.5. The Morgan fingerprint density at radius 2 is 1.68 bits per heavy atom. The van der Waals surface area contributed by atoms with Crippen LogP contribution in [0.2, 0.25) is 0 Å². The molecule has 2 amide bonds. The van der Waals surface area contributed by atoms with Gasteiger partial charge in [0.15, 0.2) is 0 Å². The fourth-order valence-corrected chi connectivity index (χ4v) is 2.72. The van der Waals surface area contributed by atoms with Gasteiger partial charge in [-0.3, -0.25) is 9.59 Å². The normalized spacial score (nSPS) is 11.8. The first-order chi connectivity index (χ1) is 13.4. The summed E-state index contributed by atoms with van der Waals surface area (Å²) < 4.78 is 18.3. The Bertz CT molecular complexity index is 773. The minimum absolute atomic E-state index is 0.0718. The largest absolute Gasteiger partial charge is 0.494 e. The molecule has 0 unspecified atom stereocenters. The van der Waals surface area contributed by atoms with Crippen molar-refractivity contribution >= 4 is 11.8 Å². The SMILES string of the molecule is CCOc1ccc(C(=O)N[C@H](C(=O)NCCc2ccc(F)cc2)C(C)C)cc1. The summed E-state index contributed by atoms with van der Waals surface area (Å²) >= 11 is 0. The predicted molar refractivity (Wildman–Crippen MR) is 107 cm³/mol. The predicted octanol–water partition coefficient (Wildman–Crippen LogP) is 3.34. The van der Waals surface area contributed by atoms with Crippen LogP contribution in [0.3, 0.4) is 0 Å². The smallest absolute Gasteiger partial charge is 0.251 e. The maximum atomic E-state index is 12.9. The van der Waals surface area contributed by atoms with E-state index in [-0.39, 0.29) is 23.5 Å². The van der Waals surface area contributed by atoms with Gasteiger partial charge < -0.3 is 15.4 Å². The summed E-state index contributed by atoms with van der Waals surface area (Å²) in [4.78, 5) is 25.0. The lowest BCUT2D eigenvalue weighted by atomic mass is 10.0. The highest BCUT2D eigenvalue weighted by molar-refractivity contribution is 5.97. The van der Waals surface area contributed by atoms with E-state index < -0.39 is 6.04 Å². The molecule has 1 atom stereocenters. The molecule has 0 radical (unpaired) electrons. The second-order valence-electron chi connectivity index (χ2n) is 6.82. The van der Waals surface area contributed by atoms with Crippen LogP contribution in [-0.2, 0) is 11.2 Å². The van der Waals surface area contributed by atoms with Gasteiger partial charge in [0.1, 0.15) is 17.6 Å². The van der Waals surface area contributed by atoms with Gasteiger partial charge in [-0.2, -0.15) is 0 Å². The fraction of sp³-hybridized carbons (Fsp3) is 0.364. The number of ether oxygens (including phenoxy) is 1. The molecule has 2 N–H and O–H groups in total. The Balaban J connectivity index is 1.90. The van der Waals surface area contributed by atoms with Crippen molar-refractivity contribution in [3.8, 4) is 5.75 Å². The van der Waals surface area contributed by atoms with Crippen LogP contribution in [0.25, 0.3) is 0 Å². The maximum Gasteiger partial charge on any atom is 0.251 e. The molecule has 0 saturated heterocycles. The minimum atomic E-state index is -0.646. The summed E-state index contributed by atoms with van der Waals surface area (Å²) in [5, 5.41) is 5.64. The van der Waals surface area contributed by atoms with E-state index >= 15 is 0 Å². The van der Waals surface area contributed by atoms with Crippen molar-refractivity contribution in [1.82, 2.24) is 10.6 Å². The Morgan fingerprint density at radius 3 is 2.25 bits per heavy atom. The van der Waals surface area contributed by atoms with Crippen molar-refractivity contribution < 1.29 is 18.7 Å². The van der Waals surface area contributed by atoms with Crippen LogP contribution in [0.15, 0.2) is 48.5 Å². The summed E-state index contributed by atoms with van der Waals surface area (Å²) in [6.07, 6.45) is 0.587. The lowest BCUT2D eigenvalue weighted by Crippen LogP contribution is -2.50. The number of amides is 2. The van der Waals surface area contributed by atoms with Crippen LogP contribution in [-0.4, -0.2) is 31.0 Å². The van der Waals surface area contributed by atoms with Gasteiger partial charge in [0.2, 0.25) is 5.91 Å². The summed E-state index contributed by atoms with van der Waals surface area (Å²) in [7, 11) is 0. The van der Waals surface area contributed by atoms with Gasteiger partial charge in [-0.05, 0) is 61.2 Å². The first kappa shape index (κ1) is 21.4. The molecular weight excluding hydrogens is 359 g/mol. The summed E-state index contributed by atoms with van der Waals surface area (Å²) in [5.41, 5.74) is 1.40. The molecule has 0 aromatic heterocycles. The van der Waals surface area contributed by atoms with Crippen LogP contribution >= 0.6 is 0 Å². The Labute approximate surface area is 165 Å². The summed E-state index contributed by atoms with van der Waals surface area (Å²) in [6.45, 7) is 6.61. The van der Waals surface area contributed by atoms with Gasteiger partial charge in [-0.1, -0.05) is 26.0 Å². The van der Waals surface area contributed by atoms with Crippen molar-refractivity contribution in [2.45, 2.75) is 33.2 Å². The Hall–Kier alpha value is -2.89. The fourth-order valence-electron chi connectivity index (χ4n) is 2.72. The van der Waals surface area contributed by atoms with Crippen molar-refractivity contribution in [2.24, 2.45) is 5.92 Å². The molecule has 28 heavy (non-hydrogen) atoms. The molecule has 0 aliphatic rings.